The van der Waals surface area contributed by atoms with Crippen molar-refractivity contribution in [2.45, 2.75) is 25.8 Å². The molecule has 1 aromatic carbocycles. The molecule has 1 aliphatic rings. The van der Waals surface area contributed by atoms with E-state index in [1.54, 1.807) is 23.1 Å². The second-order valence-corrected chi connectivity index (χ2v) is 8.01. The number of carbonyl (C=O) groups excluding carboxylic acids is 2. The van der Waals surface area contributed by atoms with Crippen LogP contribution < -0.4 is 9.46 Å². The van der Waals surface area contributed by atoms with Crippen molar-refractivity contribution in [1.82, 2.24) is 13.9 Å². The first-order valence-electron chi connectivity index (χ1n) is 7.96. The van der Waals surface area contributed by atoms with E-state index in [2.05, 4.69) is 4.72 Å². The van der Waals surface area contributed by atoms with E-state index >= 15 is 0 Å². The van der Waals surface area contributed by atoms with E-state index in [1.807, 2.05) is 0 Å². The van der Waals surface area contributed by atoms with Gasteiger partial charge in [0.1, 0.15) is 5.75 Å². The van der Waals surface area contributed by atoms with Gasteiger partial charge in [-0.1, -0.05) is 6.07 Å². The molecule has 1 heterocycles. The zero-order chi connectivity index (χ0) is 18.6. The molecule has 0 saturated carbocycles. The number of likely N-dealkylation sites (tertiary alicyclic amines) is 1. The van der Waals surface area contributed by atoms with Gasteiger partial charge >= 0.3 is 5.97 Å². The molecule has 1 saturated heterocycles. The van der Waals surface area contributed by atoms with Gasteiger partial charge in [0.2, 0.25) is 0 Å². The summed E-state index contributed by atoms with van der Waals surface area (Å²) in [4.78, 5) is 25.3. The predicted octanol–water partition coefficient (Wildman–Crippen LogP) is 0.613. The zero-order valence-electron chi connectivity index (χ0n) is 14.6. The molecule has 1 fully saturated rings. The largest absolute Gasteiger partial charge is 0.427 e. The molecule has 0 bridgehead atoms. The van der Waals surface area contributed by atoms with Crippen molar-refractivity contribution in [2.75, 3.05) is 27.2 Å². The van der Waals surface area contributed by atoms with E-state index in [-0.39, 0.29) is 11.9 Å². The van der Waals surface area contributed by atoms with Crippen molar-refractivity contribution in [3.05, 3.63) is 29.8 Å². The monoisotopic (exact) mass is 369 g/mol. The Labute approximate surface area is 147 Å². The molecular weight excluding hydrogens is 346 g/mol. The van der Waals surface area contributed by atoms with Crippen LogP contribution in [0.15, 0.2) is 24.3 Å². The molecule has 2 rings (SSSR count). The minimum Gasteiger partial charge on any atom is -0.427 e. The second-order valence-electron chi connectivity index (χ2n) is 6.09. The zero-order valence-corrected chi connectivity index (χ0v) is 15.4. The molecule has 0 radical (unpaired) electrons. The molecule has 0 atom stereocenters. The van der Waals surface area contributed by atoms with Crippen molar-refractivity contribution in [3.8, 4) is 5.75 Å². The summed E-state index contributed by atoms with van der Waals surface area (Å²) in [6.07, 6.45) is 1.09. The van der Waals surface area contributed by atoms with E-state index in [9.17, 15) is 18.0 Å². The Morgan fingerprint density at radius 2 is 1.88 bits per heavy atom. The topological polar surface area (TPSA) is 96.0 Å². The van der Waals surface area contributed by atoms with Gasteiger partial charge in [0.05, 0.1) is 0 Å². The minimum absolute atomic E-state index is 0.164. The molecule has 1 amide bonds. The third-order valence-electron chi connectivity index (χ3n) is 3.92. The summed E-state index contributed by atoms with van der Waals surface area (Å²) in [6.45, 7) is 2.21. The number of hydrogen-bond donors (Lipinski definition) is 1. The Hall–Kier alpha value is -1.97. The van der Waals surface area contributed by atoms with Crippen LogP contribution in [0.3, 0.4) is 0 Å². The summed E-state index contributed by atoms with van der Waals surface area (Å²) in [7, 11) is -0.535. The van der Waals surface area contributed by atoms with Crippen molar-refractivity contribution in [3.63, 3.8) is 0 Å². The number of piperidine rings is 1. The lowest BCUT2D eigenvalue weighted by molar-refractivity contribution is -0.131. The van der Waals surface area contributed by atoms with Crippen LogP contribution in [0.25, 0.3) is 0 Å². The Bertz CT molecular complexity index is 740. The van der Waals surface area contributed by atoms with Crippen LogP contribution in [0.1, 0.15) is 30.1 Å². The number of carbonyl (C=O) groups is 2. The molecule has 1 aliphatic heterocycles. The highest BCUT2D eigenvalue weighted by Gasteiger charge is 2.27. The van der Waals surface area contributed by atoms with E-state index in [0.717, 1.165) is 4.31 Å². The summed E-state index contributed by atoms with van der Waals surface area (Å²) >= 11 is 0. The maximum absolute atomic E-state index is 12.6. The van der Waals surface area contributed by atoms with Crippen LogP contribution in [-0.2, 0) is 15.0 Å². The molecule has 1 aromatic rings. The highest BCUT2D eigenvalue weighted by Crippen LogP contribution is 2.18. The average Bonchev–Trinajstić information content (AvgIpc) is 2.54. The van der Waals surface area contributed by atoms with Gasteiger partial charge in [0.25, 0.3) is 16.1 Å². The molecule has 1 N–H and O–H groups in total. The van der Waals surface area contributed by atoms with Crippen molar-refractivity contribution in [2.24, 2.45) is 0 Å². The van der Waals surface area contributed by atoms with Gasteiger partial charge in [-0.3, -0.25) is 9.59 Å². The van der Waals surface area contributed by atoms with Crippen molar-refractivity contribution in [1.29, 1.82) is 0 Å². The third-order valence-corrected chi connectivity index (χ3v) is 5.51. The summed E-state index contributed by atoms with van der Waals surface area (Å²) < 4.78 is 32.5. The highest BCUT2D eigenvalue weighted by molar-refractivity contribution is 7.87. The lowest BCUT2D eigenvalue weighted by Crippen LogP contribution is -2.49. The fourth-order valence-corrected chi connectivity index (χ4v) is 3.43. The van der Waals surface area contributed by atoms with Gasteiger partial charge in [-0.05, 0) is 31.0 Å². The smallest absolute Gasteiger partial charge is 0.308 e. The Morgan fingerprint density at radius 3 is 2.44 bits per heavy atom. The van der Waals surface area contributed by atoms with E-state index < -0.39 is 16.2 Å². The average molecular weight is 369 g/mol. The summed E-state index contributed by atoms with van der Waals surface area (Å²) in [5.41, 5.74) is 0.436. The molecular formula is C16H23N3O5S. The van der Waals surface area contributed by atoms with Crippen molar-refractivity contribution >= 4 is 22.1 Å². The Balaban J connectivity index is 1.96. The molecule has 0 spiro atoms. The molecule has 138 valence electrons. The first-order valence-corrected chi connectivity index (χ1v) is 9.40. The van der Waals surface area contributed by atoms with Crippen LogP contribution in [-0.4, -0.2) is 62.7 Å². The SMILES string of the molecule is CC(=O)Oc1cccc(C(=O)N2CCC(NS(=O)(=O)N(C)C)CC2)c1. The predicted molar refractivity (Wildman–Crippen MR) is 92.4 cm³/mol. The second kappa shape index (κ2) is 7.94. The maximum Gasteiger partial charge on any atom is 0.308 e. The molecule has 0 aromatic heterocycles. The van der Waals surface area contributed by atoms with Crippen LogP contribution >= 0.6 is 0 Å². The molecule has 8 nitrogen and oxygen atoms in total. The lowest BCUT2D eigenvalue weighted by Gasteiger charge is -2.32. The Kier molecular flexibility index (Phi) is 6.15. The van der Waals surface area contributed by atoms with Crippen LogP contribution in [0, 0.1) is 0 Å². The van der Waals surface area contributed by atoms with E-state index in [1.165, 1.54) is 27.1 Å². The lowest BCUT2D eigenvalue weighted by atomic mass is 10.0. The van der Waals surface area contributed by atoms with Crippen LogP contribution in [0.2, 0.25) is 0 Å². The maximum atomic E-state index is 12.6. The standard InChI is InChI=1S/C16H23N3O5S/c1-12(20)24-15-6-4-5-13(11-15)16(21)19-9-7-14(8-10-19)17-25(22,23)18(2)3/h4-6,11,14,17H,7-10H2,1-3H3. The van der Waals surface area contributed by atoms with E-state index in [4.69, 9.17) is 4.74 Å². The number of nitrogens with one attached hydrogen (secondary N) is 1. The number of benzene rings is 1. The minimum atomic E-state index is -3.47. The molecule has 0 unspecified atom stereocenters. The van der Waals surface area contributed by atoms with Gasteiger partial charge in [-0.15, -0.1) is 0 Å². The summed E-state index contributed by atoms with van der Waals surface area (Å²) in [5.74, 6) is -0.284. The number of esters is 1. The van der Waals surface area contributed by atoms with Gasteiger partial charge in [0, 0.05) is 45.7 Å². The highest BCUT2D eigenvalue weighted by atomic mass is 32.2. The number of amides is 1. The summed E-state index contributed by atoms with van der Waals surface area (Å²) in [6, 6.07) is 6.27. The number of nitrogens with zero attached hydrogens (tertiary/aromatic N) is 2. The van der Waals surface area contributed by atoms with Gasteiger partial charge < -0.3 is 9.64 Å². The quantitative estimate of drug-likeness (QED) is 0.606. The third kappa shape index (κ3) is 5.25. The Morgan fingerprint density at radius 1 is 1.24 bits per heavy atom. The number of rotatable bonds is 5. The first-order chi connectivity index (χ1) is 11.7. The normalized spacial score (nSPS) is 16.1. The summed E-state index contributed by atoms with van der Waals surface area (Å²) in [5, 5.41) is 0. The first kappa shape index (κ1) is 19.4. The molecule has 9 heteroatoms. The van der Waals surface area contributed by atoms with Gasteiger partial charge in [-0.2, -0.15) is 17.4 Å². The van der Waals surface area contributed by atoms with Crippen LogP contribution in [0.5, 0.6) is 5.75 Å². The molecule has 25 heavy (non-hydrogen) atoms. The molecule has 0 aliphatic carbocycles. The fourth-order valence-electron chi connectivity index (χ4n) is 2.56. The number of hydrogen-bond acceptors (Lipinski definition) is 5. The van der Waals surface area contributed by atoms with Gasteiger partial charge in [-0.25, -0.2) is 0 Å². The van der Waals surface area contributed by atoms with E-state index in [0.29, 0.717) is 37.2 Å². The fraction of sp³-hybridized carbons (Fsp3) is 0.500. The van der Waals surface area contributed by atoms with Gasteiger partial charge in [0.15, 0.2) is 0 Å². The van der Waals surface area contributed by atoms with Crippen LogP contribution in [0.4, 0.5) is 0 Å². The number of ether oxygens (including phenoxy) is 1. The van der Waals surface area contributed by atoms with Crippen molar-refractivity contribution < 1.29 is 22.7 Å².